The molecule has 0 spiro atoms. The SMILES string of the molecule is c1ccc(-c2nc(-c3ccccc3)nc(-c3cccc(-c4ccc(-n5c6ccccc6c6c(-c7nc8ccccc8s7)cccc65)cc4)c3)n2)cc1. The molecule has 6 heteroatoms. The molecule has 10 rings (SSSR count). The number of fused-ring (bicyclic) bond motifs is 4. The van der Waals surface area contributed by atoms with Crippen LogP contribution in [0.5, 0.6) is 0 Å². The van der Waals surface area contributed by atoms with E-state index in [1.165, 1.54) is 21.0 Å². The van der Waals surface area contributed by atoms with Crippen molar-refractivity contribution in [3.8, 4) is 61.5 Å². The number of hydrogen-bond donors (Lipinski definition) is 0. The number of hydrogen-bond acceptors (Lipinski definition) is 5. The number of benzene rings is 7. The van der Waals surface area contributed by atoms with E-state index in [0.29, 0.717) is 17.5 Å². The van der Waals surface area contributed by atoms with Gasteiger partial charge in [-0.2, -0.15) is 0 Å². The molecule has 0 amide bonds. The summed E-state index contributed by atoms with van der Waals surface area (Å²) in [5, 5.41) is 3.47. The number of para-hydroxylation sites is 2. The van der Waals surface area contributed by atoms with Crippen LogP contribution in [0.1, 0.15) is 0 Å². The quantitative estimate of drug-likeness (QED) is 0.175. The van der Waals surface area contributed by atoms with Crippen LogP contribution in [0.15, 0.2) is 176 Å². The number of aromatic nitrogens is 5. The maximum atomic E-state index is 5.03. The van der Waals surface area contributed by atoms with Crippen LogP contribution in [0.2, 0.25) is 0 Å². The first-order valence-electron chi connectivity index (χ1n) is 17.2. The third-order valence-corrected chi connectivity index (χ3v) is 10.6. The highest BCUT2D eigenvalue weighted by molar-refractivity contribution is 7.21. The molecule has 0 saturated carbocycles. The van der Waals surface area contributed by atoms with Gasteiger partial charge in [0.05, 0.1) is 21.3 Å². The van der Waals surface area contributed by atoms with Crippen LogP contribution in [0.3, 0.4) is 0 Å². The first kappa shape index (κ1) is 30.1. The lowest BCUT2D eigenvalue weighted by Crippen LogP contribution is -2.00. The van der Waals surface area contributed by atoms with Gasteiger partial charge in [0.25, 0.3) is 0 Å². The molecule has 7 aromatic carbocycles. The molecule has 0 aliphatic heterocycles. The summed E-state index contributed by atoms with van der Waals surface area (Å²) in [5.74, 6) is 1.94. The van der Waals surface area contributed by atoms with Gasteiger partial charge in [0, 0.05) is 38.7 Å². The zero-order valence-electron chi connectivity index (χ0n) is 27.9. The van der Waals surface area contributed by atoms with E-state index >= 15 is 0 Å². The van der Waals surface area contributed by atoms with Gasteiger partial charge < -0.3 is 4.57 Å². The number of thiazole rings is 1. The van der Waals surface area contributed by atoms with E-state index in [1.807, 2.05) is 60.7 Å². The Labute approximate surface area is 304 Å². The fourth-order valence-electron chi connectivity index (χ4n) is 7.04. The van der Waals surface area contributed by atoms with Crippen LogP contribution in [-0.2, 0) is 0 Å². The van der Waals surface area contributed by atoms with Crippen molar-refractivity contribution in [1.82, 2.24) is 24.5 Å². The Kier molecular flexibility index (Phi) is 7.25. The highest BCUT2D eigenvalue weighted by atomic mass is 32.1. The van der Waals surface area contributed by atoms with Crippen LogP contribution < -0.4 is 0 Å². The summed E-state index contributed by atoms with van der Waals surface area (Å²) in [6.07, 6.45) is 0. The van der Waals surface area contributed by atoms with Gasteiger partial charge in [0.15, 0.2) is 17.5 Å². The third-order valence-electron chi connectivity index (χ3n) is 9.50. The first-order valence-corrected chi connectivity index (χ1v) is 18.0. The predicted molar refractivity (Wildman–Crippen MR) is 215 cm³/mol. The number of nitrogens with zero attached hydrogens (tertiary/aromatic N) is 5. The molecule has 0 radical (unpaired) electrons. The van der Waals surface area contributed by atoms with E-state index in [-0.39, 0.29) is 0 Å². The second-order valence-electron chi connectivity index (χ2n) is 12.7. The molecule has 0 atom stereocenters. The molecule has 52 heavy (non-hydrogen) atoms. The van der Waals surface area contributed by atoms with E-state index in [1.54, 1.807) is 11.3 Å². The van der Waals surface area contributed by atoms with Crippen molar-refractivity contribution in [3.63, 3.8) is 0 Å². The molecule has 3 heterocycles. The zero-order chi connectivity index (χ0) is 34.4. The van der Waals surface area contributed by atoms with Gasteiger partial charge in [-0.05, 0) is 53.6 Å². The lowest BCUT2D eigenvalue weighted by molar-refractivity contribution is 1.07. The zero-order valence-corrected chi connectivity index (χ0v) is 28.7. The molecule has 10 aromatic rings. The highest BCUT2D eigenvalue weighted by Gasteiger charge is 2.18. The summed E-state index contributed by atoms with van der Waals surface area (Å²) in [4.78, 5) is 19.8. The van der Waals surface area contributed by atoms with Gasteiger partial charge in [0.2, 0.25) is 0 Å². The molecule has 0 aliphatic rings. The van der Waals surface area contributed by atoms with Gasteiger partial charge in [-0.25, -0.2) is 19.9 Å². The van der Waals surface area contributed by atoms with Crippen molar-refractivity contribution in [1.29, 1.82) is 0 Å². The average molecular weight is 684 g/mol. The van der Waals surface area contributed by atoms with Gasteiger partial charge in [-0.1, -0.05) is 133 Å². The fraction of sp³-hybridized carbons (Fsp3) is 0. The smallest absolute Gasteiger partial charge is 0.164 e. The van der Waals surface area contributed by atoms with Crippen LogP contribution >= 0.6 is 11.3 Å². The third kappa shape index (κ3) is 5.25. The van der Waals surface area contributed by atoms with Gasteiger partial charge in [0.1, 0.15) is 5.01 Å². The molecular weight excluding hydrogens is 655 g/mol. The van der Waals surface area contributed by atoms with Crippen molar-refractivity contribution >= 4 is 43.4 Å². The molecule has 0 saturated heterocycles. The molecule has 244 valence electrons. The van der Waals surface area contributed by atoms with Crippen molar-refractivity contribution in [3.05, 3.63) is 176 Å². The van der Waals surface area contributed by atoms with Crippen molar-refractivity contribution < 1.29 is 0 Å². The van der Waals surface area contributed by atoms with Gasteiger partial charge in [-0.15, -0.1) is 11.3 Å². The fourth-order valence-corrected chi connectivity index (χ4v) is 8.04. The standard InChI is InChI=1S/C46H29N5S/c1-3-13-31(14-4-1)43-48-44(32-15-5-2-6-16-32)50-45(49-43)34-18-11-17-33(29-34)30-25-27-35(28-26-30)51-39-22-9-7-19-36(39)42-37(20-12-23-40(42)51)46-47-38-21-8-10-24-41(38)52-46/h1-29H. The Bertz CT molecular complexity index is 2800. The predicted octanol–water partition coefficient (Wildman–Crippen LogP) is 11.9. The van der Waals surface area contributed by atoms with Crippen LogP contribution in [0, 0.1) is 0 Å². The normalized spacial score (nSPS) is 11.5. The summed E-state index contributed by atoms with van der Waals surface area (Å²) in [6.45, 7) is 0. The lowest BCUT2D eigenvalue weighted by atomic mass is 10.0. The maximum absolute atomic E-state index is 5.03. The first-order chi connectivity index (χ1) is 25.8. The second-order valence-corrected chi connectivity index (χ2v) is 13.7. The van der Waals surface area contributed by atoms with Crippen LogP contribution in [0.25, 0.3) is 93.6 Å². The minimum Gasteiger partial charge on any atom is -0.309 e. The van der Waals surface area contributed by atoms with E-state index in [0.717, 1.165) is 55.1 Å². The van der Waals surface area contributed by atoms with Crippen molar-refractivity contribution in [2.24, 2.45) is 0 Å². The summed E-state index contributed by atoms with van der Waals surface area (Å²) >= 11 is 1.74. The molecule has 5 nitrogen and oxygen atoms in total. The second kappa shape index (κ2) is 12.5. The van der Waals surface area contributed by atoms with Gasteiger partial charge >= 0.3 is 0 Å². The Morgan fingerprint density at radius 1 is 0.404 bits per heavy atom. The molecule has 0 unspecified atom stereocenters. The molecule has 3 aromatic heterocycles. The monoisotopic (exact) mass is 683 g/mol. The minimum atomic E-state index is 0.639. The summed E-state index contributed by atoms with van der Waals surface area (Å²) < 4.78 is 3.56. The number of rotatable bonds is 6. The van der Waals surface area contributed by atoms with Crippen LogP contribution in [-0.4, -0.2) is 24.5 Å². The summed E-state index contributed by atoms with van der Waals surface area (Å²) in [5.41, 5.74) is 10.7. The largest absolute Gasteiger partial charge is 0.309 e. The average Bonchev–Trinajstić information content (AvgIpc) is 3.81. The summed E-state index contributed by atoms with van der Waals surface area (Å²) in [7, 11) is 0. The van der Waals surface area contributed by atoms with Crippen molar-refractivity contribution in [2.75, 3.05) is 0 Å². The van der Waals surface area contributed by atoms with Crippen LogP contribution in [0.4, 0.5) is 0 Å². The summed E-state index contributed by atoms with van der Waals surface area (Å²) in [6, 6.07) is 61.0. The Morgan fingerprint density at radius 3 is 1.71 bits per heavy atom. The van der Waals surface area contributed by atoms with Gasteiger partial charge in [-0.3, -0.25) is 0 Å². The van der Waals surface area contributed by atoms with E-state index < -0.39 is 0 Å². The van der Waals surface area contributed by atoms with E-state index in [2.05, 4.69) is 120 Å². The maximum Gasteiger partial charge on any atom is 0.164 e. The topological polar surface area (TPSA) is 56.5 Å². The van der Waals surface area contributed by atoms with E-state index in [9.17, 15) is 0 Å². The molecular formula is C46H29N5S. The van der Waals surface area contributed by atoms with E-state index in [4.69, 9.17) is 19.9 Å². The molecule has 0 bridgehead atoms. The Balaban J connectivity index is 1.05. The molecule has 0 N–H and O–H groups in total. The lowest BCUT2D eigenvalue weighted by Gasteiger charge is -2.11. The molecule has 0 fully saturated rings. The Hall–Kier alpha value is -6.76. The molecule has 0 aliphatic carbocycles. The Morgan fingerprint density at radius 2 is 0.981 bits per heavy atom. The van der Waals surface area contributed by atoms with Crippen molar-refractivity contribution in [2.45, 2.75) is 0 Å². The highest BCUT2D eigenvalue weighted by Crippen LogP contribution is 2.41. The minimum absolute atomic E-state index is 0.639.